The molecular formula is C31H27F2N7O4. The Balaban J connectivity index is 1.28. The zero-order valence-corrected chi connectivity index (χ0v) is 24.1. The number of aromatic nitrogens is 4. The maximum Gasteiger partial charge on any atom is 0.329 e. The standard InChI is InChI=1S/C31H27F2N7O4/c1-14(2)26-30(42)39(31(43)38-26)23-11-21-17(8-15(23)3)10-22(37-21)27(41)18-12-36-40(29(18)34)24-13-35-25(9-16(24)4)44-28-19(32)6-5-7-20(28)33/h5-14,26,37H,34H2,1-4H3,(H,38,43)/t26-/m0/s1. The molecule has 2 aromatic carbocycles. The number of H-pyrrole nitrogens is 1. The minimum absolute atomic E-state index is 0.0437. The Labute approximate surface area is 249 Å². The summed E-state index contributed by atoms with van der Waals surface area (Å²) in [7, 11) is 0. The number of pyridine rings is 1. The summed E-state index contributed by atoms with van der Waals surface area (Å²) < 4.78 is 34.7. The fourth-order valence-electron chi connectivity index (χ4n) is 5.18. The first-order valence-electron chi connectivity index (χ1n) is 13.7. The molecule has 0 bridgehead atoms. The van der Waals surface area contributed by atoms with E-state index in [1.807, 2.05) is 13.8 Å². The number of halogens is 2. The molecule has 3 aromatic heterocycles. The number of benzene rings is 2. The van der Waals surface area contributed by atoms with Crippen molar-refractivity contribution in [3.63, 3.8) is 0 Å². The summed E-state index contributed by atoms with van der Waals surface area (Å²) in [4.78, 5) is 47.5. The van der Waals surface area contributed by atoms with Gasteiger partial charge in [0.05, 0.1) is 35.0 Å². The van der Waals surface area contributed by atoms with E-state index in [9.17, 15) is 23.2 Å². The number of ketones is 1. The lowest BCUT2D eigenvalue weighted by atomic mass is 10.0. The van der Waals surface area contributed by atoms with Crippen molar-refractivity contribution in [1.29, 1.82) is 0 Å². The molecule has 5 aromatic rings. The lowest BCUT2D eigenvalue weighted by molar-refractivity contribution is -0.119. The van der Waals surface area contributed by atoms with Crippen molar-refractivity contribution in [2.24, 2.45) is 5.92 Å². The number of ether oxygens (including phenoxy) is 1. The third kappa shape index (κ3) is 4.71. The van der Waals surface area contributed by atoms with Crippen LogP contribution in [0.3, 0.4) is 0 Å². The van der Waals surface area contributed by atoms with E-state index in [0.717, 1.165) is 17.0 Å². The van der Waals surface area contributed by atoms with Crippen LogP contribution in [0.1, 0.15) is 41.0 Å². The Bertz CT molecular complexity index is 1980. The molecular weight excluding hydrogens is 572 g/mol. The number of hydrogen-bond acceptors (Lipinski definition) is 7. The molecule has 13 heteroatoms. The van der Waals surface area contributed by atoms with E-state index in [1.54, 1.807) is 32.0 Å². The van der Waals surface area contributed by atoms with Crippen LogP contribution in [0.5, 0.6) is 11.6 Å². The zero-order valence-electron chi connectivity index (χ0n) is 24.1. The number of para-hydroxylation sites is 1. The van der Waals surface area contributed by atoms with Crippen LogP contribution in [0, 0.1) is 31.4 Å². The highest BCUT2D eigenvalue weighted by Gasteiger charge is 2.41. The zero-order chi connectivity index (χ0) is 31.4. The highest BCUT2D eigenvalue weighted by atomic mass is 19.1. The smallest absolute Gasteiger partial charge is 0.329 e. The van der Waals surface area contributed by atoms with Crippen LogP contribution < -0.4 is 20.7 Å². The predicted molar refractivity (Wildman–Crippen MR) is 158 cm³/mol. The molecule has 1 aliphatic heterocycles. The number of nitrogens with zero attached hydrogens (tertiary/aromatic N) is 4. The third-order valence-corrected chi connectivity index (χ3v) is 7.52. The molecule has 6 rings (SSSR count). The second-order valence-corrected chi connectivity index (χ2v) is 10.9. The highest BCUT2D eigenvalue weighted by molar-refractivity contribution is 6.22. The molecule has 44 heavy (non-hydrogen) atoms. The van der Waals surface area contributed by atoms with Crippen LogP contribution in [-0.4, -0.2) is 43.5 Å². The summed E-state index contributed by atoms with van der Waals surface area (Å²) in [6.45, 7) is 7.21. The number of fused-ring (bicyclic) bond motifs is 1. The van der Waals surface area contributed by atoms with Gasteiger partial charge in [-0.15, -0.1) is 0 Å². The van der Waals surface area contributed by atoms with Gasteiger partial charge in [0.15, 0.2) is 11.6 Å². The molecule has 0 unspecified atom stereocenters. The normalized spacial score (nSPS) is 15.0. The first kappa shape index (κ1) is 28.5. The van der Waals surface area contributed by atoms with Crippen LogP contribution in [0.15, 0.2) is 54.9 Å². The number of aryl methyl sites for hydroxylation is 2. The minimum Gasteiger partial charge on any atom is -0.433 e. The number of nitrogens with two attached hydrogens (primary N) is 1. The van der Waals surface area contributed by atoms with Crippen LogP contribution in [0.25, 0.3) is 16.6 Å². The minimum atomic E-state index is -0.869. The Hall–Kier alpha value is -5.59. The van der Waals surface area contributed by atoms with Gasteiger partial charge < -0.3 is 20.8 Å². The predicted octanol–water partition coefficient (Wildman–Crippen LogP) is 5.33. The monoisotopic (exact) mass is 599 g/mol. The van der Waals surface area contributed by atoms with E-state index in [0.29, 0.717) is 33.4 Å². The van der Waals surface area contributed by atoms with E-state index in [-0.39, 0.29) is 34.8 Å². The van der Waals surface area contributed by atoms with Crippen molar-refractivity contribution < 1.29 is 27.9 Å². The molecule has 3 amide bonds. The van der Waals surface area contributed by atoms with Gasteiger partial charge in [-0.3, -0.25) is 9.59 Å². The number of rotatable bonds is 7. The Morgan fingerprint density at radius 3 is 2.39 bits per heavy atom. The SMILES string of the molecule is Cc1cc2cc(C(=O)c3cnn(-c4cnc(Oc5c(F)cccc5F)cc4C)c3N)[nH]c2cc1N1C(=O)N[C@@H](C(C)C)C1=O. The molecule has 11 nitrogen and oxygen atoms in total. The van der Waals surface area contributed by atoms with Crippen LogP contribution in [0.4, 0.5) is 25.1 Å². The third-order valence-electron chi connectivity index (χ3n) is 7.52. The molecule has 224 valence electrons. The van der Waals surface area contributed by atoms with E-state index in [1.165, 1.54) is 29.2 Å². The molecule has 0 spiro atoms. The van der Waals surface area contributed by atoms with Crippen molar-refractivity contribution in [1.82, 2.24) is 25.1 Å². The number of urea groups is 1. The van der Waals surface area contributed by atoms with E-state index >= 15 is 0 Å². The lowest BCUT2D eigenvalue weighted by Gasteiger charge is -2.17. The Kier molecular flexibility index (Phi) is 6.87. The van der Waals surface area contributed by atoms with Gasteiger partial charge in [-0.2, -0.15) is 5.10 Å². The van der Waals surface area contributed by atoms with Gasteiger partial charge in [0, 0.05) is 17.0 Å². The first-order valence-corrected chi connectivity index (χ1v) is 13.7. The van der Waals surface area contributed by atoms with Crippen molar-refractivity contribution in [3.05, 3.63) is 88.9 Å². The lowest BCUT2D eigenvalue weighted by Crippen LogP contribution is -2.34. The second-order valence-electron chi connectivity index (χ2n) is 10.9. The van der Waals surface area contributed by atoms with Gasteiger partial charge in [0.2, 0.25) is 17.4 Å². The molecule has 1 saturated heterocycles. The molecule has 1 aliphatic rings. The second kappa shape index (κ2) is 10.6. The molecule has 1 atom stereocenters. The summed E-state index contributed by atoms with van der Waals surface area (Å²) in [5.74, 6) is -3.15. The average molecular weight is 600 g/mol. The quantitative estimate of drug-likeness (QED) is 0.169. The Morgan fingerprint density at radius 2 is 1.73 bits per heavy atom. The van der Waals surface area contributed by atoms with E-state index in [2.05, 4.69) is 20.4 Å². The number of nitrogens with one attached hydrogen (secondary N) is 2. The van der Waals surface area contributed by atoms with Crippen molar-refractivity contribution in [2.75, 3.05) is 10.6 Å². The molecule has 4 heterocycles. The number of aromatic amines is 1. The van der Waals surface area contributed by atoms with Crippen molar-refractivity contribution in [3.8, 4) is 17.3 Å². The van der Waals surface area contributed by atoms with Gasteiger partial charge in [0.1, 0.15) is 11.9 Å². The molecule has 0 saturated carbocycles. The maximum absolute atomic E-state index is 14.0. The highest BCUT2D eigenvalue weighted by Crippen LogP contribution is 2.32. The van der Waals surface area contributed by atoms with Gasteiger partial charge in [0.25, 0.3) is 5.91 Å². The van der Waals surface area contributed by atoms with Crippen molar-refractivity contribution in [2.45, 2.75) is 33.7 Å². The van der Waals surface area contributed by atoms with Crippen LogP contribution >= 0.6 is 0 Å². The summed E-state index contributed by atoms with van der Waals surface area (Å²) in [6, 6.07) is 8.85. The molecule has 0 radical (unpaired) electrons. The molecule has 1 fully saturated rings. The number of anilines is 2. The number of imide groups is 1. The average Bonchev–Trinajstić information content (AvgIpc) is 3.64. The van der Waals surface area contributed by atoms with E-state index in [4.69, 9.17) is 10.5 Å². The summed E-state index contributed by atoms with van der Waals surface area (Å²) in [5, 5.41) is 7.70. The first-order chi connectivity index (χ1) is 20.9. The van der Waals surface area contributed by atoms with Crippen molar-refractivity contribution >= 4 is 40.1 Å². The number of carbonyl (C=O) groups is 3. The van der Waals surface area contributed by atoms with Crippen LogP contribution in [-0.2, 0) is 4.79 Å². The summed E-state index contributed by atoms with van der Waals surface area (Å²) in [6.07, 6.45) is 2.70. The number of amides is 3. The summed E-state index contributed by atoms with van der Waals surface area (Å²) in [5.41, 5.74) is 9.35. The van der Waals surface area contributed by atoms with Gasteiger partial charge in [-0.25, -0.2) is 28.1 Å². The van der Waals surface area contributed by atoms with Gasteiger partial charge >= 0.3 is 6.03 Å². The fraction of sp³-hybridized carbons (Fsp3) is 0.194. The van der Waals surface area contributed by atoms with E-state index < -0.39 is 35.2 Å². The number of carbonyl (C=O) groups excluding carboxylic acids is 3. The van der Waals surface area contributed by atoms with Gasteiger partial charge in [-0.1, -0.05) is 19.9 Å². The van der Waals surface area contributed by atoms with Gasteiger partial charge in [-0.05, 0) is 61.2 Å². The Morgan fingerprint density at radius 1 is 1.02 bits per heavy atom. The molecule has 4 N–H and O–H groups in total. The largest absolute Gasteiger partial charge is 0.433 e. The summed E-state index contributed by atoms with van der Waals surface area (Å²) >= 11 is 0. The maximum atomic E-state index is 14.0. The topological polar surface area (TPSA) is 148 Å². The number of hydrogen-bond donors (Lipinski definition) is 3. The number of nitrogen functional groups attached to an aromatic ring is 1. The fourth-order valence-corrected chi connectivity index (χ4v) is 5.18. The van der Waals surface area contributed by atoms with Crippen LogP contribution in [0.2, 0.25) is 0 Å². The molecule has 0 aliphatic carbocycles.